The first-order chi connectivity index (χ1) is 32.9. The van der Waals surface area contributed by atoms with Crippen LogP contribution in [0, 0.1) is 13.8 Å². The van der Waals surface area contributed by atoms with E-state index in [-0.39, 0.29) is 11.1 Å². The summed E-state index contributed by atoms with van der Waals surface area (Å²) in [5, 5.41) is 6.91. The monoisotopic (exact) mass is 904 g/mol. The highest BCUT2D eigenvalue weighted by Crippen LogP contribution is 2.51. The Labute approximate surface area is 382 Å². The molecule has 0 bridgehead atoms. The molecule has 68 heavy (non-hydrogen) atoms. The molecule has 0 aliphatic heterocycles. The van der Waals surface area contributed by atoms with Gasteiger partial charge in [0.05, 0.1) is 55.3 Å². The zero-order valence-corrected chi connectivity index (χ0v) is 36.1. The van der Waals surface area contributed by atoms with E-state index in [2.05, 4.69) is 4.57 Å². The van der Waals surface area contributed by atoms with Gasteiger partial charge in [-0.15, -0.1) is 0 Å². The molecule has 0 saturated carbocycles. The number of hydrogen-bond acceptors (Lipinski definition) is 2. The van der Waals surface area contributed by atoms with E-state index in [1.54, 1.807) is 12.1 Å². The van der Waals surface area contributed by atoms with Gasteiger partial charge in [-0.3, -0.25) is 0 Å². The van der Waals surface area contributed by atoms with Crippen molar-refractivity contribution in [2.75, 3.05) is 0 Å². The fraction of sp³-hybridized carbons (Fsp3) is 0.0690. The molecule has 0 saturated heterocycles. The van der Waals surface area contributed by atoms with Crippen LogP contribution in [-0.2, 0) is 12.4 Å². The summed E-state index contributed by atoms with van der Waals surface area (Å²) in [6, 6.07) is 49.5. The van der Waals surface area contributed by atoms with Crippen molar-refractivity contribution >= 4 is 87.5 Å². The van der Waals surface area contributed by atoms with E-state index in [1.165, 1.54) is 12.1 Å². The van der Waals surface area contributed by atoms with E-state index in [4.69, 9.17) is 8.83 Å². The number of halogens is 6. The number of benzene rings is 9. The lowest BCUT2D eigenvalue weighted by molar-refractivity contribution is -0.138. The zero-order chi connectivity index (χ0) is 46.4. The number of nitrogens with zero attached hydrogens (tertiary/aromatic N) is 2. The van der Waals surface area contributed by atoms with E-state index < -0.39 is 23.5 Å². The molecule has 13 aromatic rings. The summed E-state index contributed by atoms with van der Waals surface area (Å²) in [7, 11) is 0. The molecule has 4 aromatic heterocycles. The van der Waals surface area contributed by atoms with Gasteiger partial charge in [-0.05, 0) is 109 Å². The molecular weight excluding hydrogens is 871 g/mol. The van der Waals surface area contributed by atoms with Gasteiger partial charge < -0.3 is 18.0 Å². The first-order valence-electron chi connectivity index (χ1n) is 22.1. The van der Waals surface area contributed by atoms with E-state index in [0.29, 0.717) is 67.0 Å². The summed E-state index contributed by atoms with van der Waals surface area (Å²) < 4.78 is 107. The number of fused-ring (bicyclic) bond motifs is 14. The highest BCUT2D eigenvalue weighted by Gasteiger charge is 2.35. The minimum Gasteiger partial charge on any atom is -0.455 e. The summed E-state index contributed by atoms with van der Waals surface area (Å²) in [6.07, 6.45) is -9.40. The fourth-order valence-corrected chi connectivity index (χ4v) is 10.9. The van der Waals surface area contributed by atoms with Crippen LogP contribution in [-0.4, -0.2) is 9.13 Å². The Morgan fingerprint density at radius 3 is 1.21 bits per heavy atom. The topological polar surface area (TPSA) is 36.1 Å². The first-order valence-corrected chi connectivity index (χ1v) is 22.1. The number of hydrogen-bond donors (Lipinski definition) is 0. The number of furan rings is 2. The fourth-order valence-electron chi connectivity index (χ4n) is 10.9. The number of para-hydroxylation sites is 4. The standard InChI is InChI=1S/C58H34F6N2O2/c1-31-49(33-13-11-15-35(29-33)57(59,60)61)54(66-44-22-8-4-20-42(44)52-46(66)28-26-40-38-18-6-10-24-48(38)68-56(40)52)50(34-14-12-16-36(30-34)58(62,63)64)32(2)53(31)65-43-21-7-3-19-41(43)51-45(65)27-25-39-37-17-5-9-23-47(37)67-55(39)51/h3-30H,1-2H3. The molecule has 0 aliphatic carbocycles. The Kier molecular flexibility index (Phi) is 8.33. The molecule has 9 aromatic carbocycles. The molecule has 0 aliphatic rings. The van der Waals surface area contributed by atoms with Gasteiger partial charge in [-0.2, -0.15) is 26.3 Å². The molecule has 4 heterocycles. The Balaban J connectivity index is 1.26. The Morgan fingerprint density at radius 2 is 0.765 bits per heavy atom. The maximum Gasteiger partial charge on any atom is 0.416 e. The van der Waals surface area contributed by atoms with Crippen LogP contribution in [0.25, 0.3) is 121 Å². The van der Waals surface area contributed by atoms with Gasteiger partial charge >= 0.3 is 12.4 Å². The van der Waals surface area contributed by atoms with Crippen molar-refractivity contribution in [2.24, 2.45) is 0 Å². The normalized spacial score (nSPS) is 12.7. The third-order valence-electron chi connectivity index (χ3n) is 13.7. The van der Waals surface area contributed by atoms with Crippen molar-refractivity contribution in [2.45, 2.75) is 26.2 Å². The summed E-state index contributed by atoms with van der Waals surface area (Å²) in [4.78, 5) is 0. The van der Waals surface area contributed by atoms with Gasteiger partial charge in [0.15, 0.2) is 0 Å². The highest BCUT2D eigenvalue weighted by atomic mass is 19.4. The smallest absolute Gasteiger partial charge is 0.416 e. The molecule has 0 atom stereocenters. The van der Waals surface area contributed by atoms with Crippen molar-refractivity contribution in [1.82, 2.24) is 9.13 Å². The molecular formula is C58H34F6N2O2. The van der Waals surface area contributed by atoms with Crippen LogP contribution < -0.4 is 0 Å². The Morgan fingerprint density at radius 1 is 0.368 bits per heavy atom. The first kappa shape index (κ1) is 40.1. The van der Waals surface area contributed by atoms with E-state index in [9.17, 15) is 26.3 Å². The third kappa shape index (κ3) is 5.63. The van der Waals surface area contributed by atoms with Crippen molar-refractivity contribution in [3.05, 3.63) is 192 Å². The third-order valence-corrected chi connectivity index (χ3v) is 13.7. The minimum atomic E-state index is -4.70. The Bertz CT molecular complexity index is 4190. The van der Waals surface area contributed by atoms with E-state index in [1.807, 2.05) is 140 Å². The largest absolute Gasteiger partial charge is 0.455 e. The number of aromatic nitrogens is 2. The molecule has 0 radical (unpaired) electrons. The molecule has 13 rings (SSSR count). The second kappa shape index (κ2) is 14.1. The average molecular weight is 905 g/mol. The molecule has 10 heteroatoms. The van der Waals surface area contributed by atoms with Crippen molar-refractivity contribution in [3.8, 4) is 33.6 Å². The second-order valence-electron chi connectivity index (χ2n) is 17.4. The van der Waals surface area contributed by atoms with Gasteiger partial charge in [0.1, 0.15) is 22.3 Å². The van der Waals surface area contributed by atoms with Crippen LogP contribution in [0.2, 0.25) is 0 Å². The molecule has 0 amide bonds. The van der Waals surface area contributed by atoms with Crippen molar-refractivity contribution in [1.29, 1.82) is 0 Å². The lowest BCUT2D eigenvalue weighted by atomic mass is 9.86. The lowest BCUT2D eigenvalue weighted by Gasteiger charge is -2.28. The van der Waals surface area contributed by atoms with E-state index in [0.717, 1.165) is 78.4 Å². The molecule has 0 spiro atoms. The van der Waals surface area contributed by atoms with Crippen LogP contribution in [0.15, 0.2) is 179 Å². The molecule has 4 nitrogen and oxygen atoms in total. The summed E-state index contributed by atoms with van der Waals surface area (Å²) in [5.74, 6) is 0. The van der Waals surface area contributed by atoms with Crippen LogP contribution in [0.3, 0.4) is 0 Å². The second-order valence-corrected chi connectivity index (χ2v) is 17.4. The van der Waals surface area contributed by atoms with Crippen molar-refractivity contribution < 1.29 is 35.2 Å². The maximum absolute atomic E-state index is 14.9. The van der Waals surface area contributed by atoms with Gasteiger partial charge in [-0.25, -0.2) is 0 Å². The summed E-state index contributed by atoms with van der Waals surface area (Å²) in [5.41, 5.74) is 7.38. The van der Waals surface area contributed by atoms with E-state index >= 15 is 0 Å². The average Bonchev–Trinajstić information content (AvgIpc) is 4.09. The quantitative estimate of drug-likeness (QED) is 0.165. The predicted octanol–water partition coefficient (Wildman–Crippen LogP) is 17.7. The van der Waals surface area contributed by atoms with Gasteiger partial charge in [0, 0.05) is 43.4 Å². The molecule has 0 N–H and O–H groups in total. The van der Waals surface area contributed by atoms with Gasteiger partial charge in [0.2, 0.25) is 0 Å². The lowest BCUT2D eigenvalue weighted by Crippen LogP contribution is -2.11. The number of alkyl halides is 6. The van der Waals surface area contributed by atoms with Crippen LogP contribution in [0.1, 0.15) is 22.3 Å². The van der Waals surface area contributed by atoms with Crippen LogP contribution >= 0.6 is 0 Å². The van der Waals surface area contributed by atoms with Crippen LogP contribution in [0.5, 0.6) is 0 Å². The number of rotatable bonds is 4. The SMILES string of the molecule is Cc1c(-c2cccc(C(F)(F)F)c2)c(-n2c3ccccc3c3c4oc5ccccc5c4ccc32)c(-c2cccc(C(F)(F)F)c2)c(C)c1-n1c2ccccc2c2c3oc4ccccc4c3ccc21. The molecule has 0 fully saturated rings. The maximum atomic E-state index is 14.9. The van der Waals surface area contributed by atoms with Gasteiger partial charge in [0.25, 0.3) is 0 Å². The minimum absolute atomic E-state index is 0.234. The van der Waals surface area contributed by atoms with Crippen LogP contribution in [0.4, 0.5) is 26.3 Å². The molecule has 0 unspecified atom stereocenters. The van der Waals surface area contributed by atoms with Crippen molar-refractivity contribution in [3.63, 3.8) is 0 Å². The predicted molar refractivity (Wildman–Crippen MR) is 260 cm³/mol. The summed E-state index contributed by atoms with van der Waals surface area (Å²) >= 11 is 0. The Hall–Kier alpha value is -8.24. The highest BCUT2D eigenvalue weighted by molar-refractivity contribution is 6.26. The van der Waals surface area contributed by atoms with Gasteiger partial charge in [-0.1, -0.05) is 97.1 Å². The summed E-state index contributed by atoms with van der Waals surface area (Å²) in [6.45, 7) is 3.78. The molecule has 330 valence electrons. The zero-order valence-electron chi connectivity index (χ0n) is 36.1.